The average Bonchev–Trinajstić information content (AvgIpc) is 2.59. The molecule has 0 N–H and O–H groups in total. The van der Waals surface area contributed by atoms with Crippen LogP contribution in [0.2, 0.25) is 0 Å². The van der Waals surface area contributed by atoms with Crippen molar-refractivity contribution in [2.75, 3.05) is 46.1 Å². The largest absolute Gasteiger partial charge is 0.484 e. The Balaban J connectivity index is 2.22. The number of nitro groups is 1. The van der Waals surface area contributed by atoms with Crippen molar-refractivity contribution in [3.05, 3.63) is 28.3 Å². The predicted molar refractivity (Wildman–Crippen MR) is 84.7 cm³/mol. The van der Waals surface area contributed by atoms with Gasteiger partial charge in [-0.25, -0.2) is 8.42 Å². The molecule has 0 amide bonds. The number of hydrogen-bond acceptors (Lipinski definition) is 7. The van der Waals surface area contributed by atoms with E-state index in [0.29, 0.717) is 26.4 Å². The van der Waals surface area contributed by atoms with E-state index in [1.807, 2.05) is 6.92 Å². The summed E-state index contributed by atoms with van der Waals surface area (Å²) < 4.78 is 41.9. The Kier molecular flexibility index (Phi) is 6.49. The zero-order valence-electron chi connectivity index (χ0n) is 13.3. The maximum absolute atomic E-state index is 12.6. The molecule has 0 radical (unpaired) electrons. The molecule has 134 valence electrons. The Labute approximate surface area is 140 Å². The Bertz CT molecular complexity index is 672. The first-order valence-corrected chi connectivity index (χ1v) is 8.97. The molecule has 1 aromatic carbocycles. The van der Waals surface area contributed by atoms with E-state index in [4.69, 9.17) is 14.2 Å². The van der Waals surface area contributed by atoms with Gasteiger partial charge in [-0.15, -0.1) is 0 Å². The fourth-order valence-electron chi connectivity index (χ4n) is 2.21. The van der Waals surface area contributed by atoms with Gasteiger partial charge >= 0.3 is 5.69 Å². The maximum atomic E-state index is 12.6. The van der Waals surface area contributed by atoms with Crippen molar-refractivity contribution >= 4 is 15.7 Å². The second-order valence-corrected chi connectivity index (χ2v) is 6.89. The van der Waals surface area contributed by atoms with Crippen molar-refractivity contribution in [2.24, 2.45) is 0 Å². The molecule has 1 heterocycles. The summed E-state index contributed by atoms with van der Waals surface area (Å²) in [5, 5.41) is 11.2. The second kappa shape index (κ2) is 8.38. The minimum absolute atomic E-state index is 0.0145. The summed E-state index contributed by atoms with van der Waals surface area (Å²) in [5.74, 6) is 0.0145. The van der Waals surface area contributed by atoms with Crippen LogP contribution in [-0.2, 0) is 19.5 Å². The van der Waals surface area contributed by atoms with Crippen LogP contribution in [0.15, 0.2) is 23.1 Å². The lowest BCUT2D eigenvalue weighted by Gasteiger charge is -2.26. The van der Waals surface area contributed by atoms with E-state index in [2.05, 4.69) is 0 Å². The molecule has 24 heavy (non-hydrogen) atoms. The highest BCUT2D eigenvalue weighted by Crippen LogP contribution is 2.31. The normalized spacial score (nSPS) is 16.0. The van der Waals surface area contributed by atoms with E-state index < -0.39 is 14.9 Å². The summed E-state index contributed by atoms with van der Waals surface area (Å²) in [5.41, 5.74) is -0.388. The average molecular weight is 360 g/mol. The van der Waals surface area contributed by atoms with Gasteiger partial charge in [0.2, 0.25) is 10.0 Å². The highest BCUT2D eigenvalue weighted by molar-refractivity contribution is 7.89. The van der Waals surface area contributed by atoms with Gasteiger partial charge in [0.05, 0.1) is 29.6 Å². The van der Waals surface area contributed by atoms with Crippen LogP contribution in [0, 0.1) is 10.1 Å². The molecule has 9 nitrogen and oxygen atoms in total. The van der Waals surface area contributed by atoms with Gasteiger partial charge < -0.3 is 14.2 Å². The Hall–Kier alpha value is -1.75. The van der Waals surface area contributed by atoms with E-state index in [9.17, 15) is 18.5 Å². The quantitative estimate of drug-likeness (QED) is 0.387. The van der Waals surface area contributed by atoms with Gasteiger partial charge in [-0.3, -0.25) is 10.1 Å². The molecular weight excluding hydrogens is 340 g/mol. The summed E-state index contributed by atoms with van der Waals surface area (Å²) in [6.07, 6.45) is 0. The molecule has 0 saturated carbocycles. The zero-order valence-corrected chi connectivity index (χ0v) is 14.2. The molecule has 10 heteroatoms. The minimum atomic E-state index is -3.80. The van der Waals surface area contributed by atoms with E-state index >= 15 is 0 Å². The first-order chi connectivity index (χ1) is 11.5. The lowest BCUT2D eigenvalue weighted by Crippen LogP contribution is -2.40. The van der Waals surface area contributed by atoms with E-state index in [1.54, 1.807) is 0 Å². The molecule has 0 spiro atoms. The molecule has 0 bridgehead atoms. The molecule has 1 fully saturated rings. The smallest absolute Gasteiger partial charge is 0.312 e. The molecule has 0 unspecified atom stereocenters. The third-order valence-corrected chi connectivity index (χ3v) is 5.32. The number of nitro benzene ring substituents is 1. The van der Waals surface area contributed by atoms with Crippen LogP contribution in [-0.4, -0.2) is 63.8 Å². The SMILES string of the molecule is CCOCCOc1ccc(S(=O)(=O)N2CCOCC2)cc1[N+](=O)[O-]. The zero-order chi connectivity index (χ0) is 17.6. The third-order valence-electron chi connectivity index (χ3n) is 3.42. The van der Waals surface area contributed by atoms with Crippen molar-refractivity contribution in [1.82, 2.24) is 4.31 Å². The summed E-state index contributed by atoms with van der Waals surface area (Å²) in [4.78, 5) is 10.4. The number of rotatable bonds is 8. The monoisotopic (exact) mass is 360 g/mol. The summed E-state index contributed by atoms with van der Waals surface area (Å²) in [7, 11) is -3.80. The van der Waals surface area contributed by atoms with Crippen LogP contribution < -0.4 is 4.74 Å². The summed E-state index contributed by atoms with van der Waals surface area (Å²) in [6.45, 7) is 3.84. The number of ether oxygens (including phenoxy) is 3. The van der Waals surface area contributed by atoms with E-state index in [1.165, 1.54) is 16.4 Å². The van der Waals surface area contributed by atoms with Crippen molar-refractivity contribution < 1.29 is 27.6 Å². The van der Waals surface area contributed by atoms with Crippen LogP contribution in [0.5, 0.6) is 5.75 Å². The summed E-state index contributed by atoms with van der Waals surface area (Å²) in [6, 6.07) is 3.64. The van der Waals surface area contributed by atoms with Crippen molar-refractivity contribution in [3.8, 4) is 5.75 Å². The van der Waals surface area contributed by atoms with Gasteiger partial charge in [0.15, 0.2) is 5.75 Å². The molecule has 1 aliphatic heterocycles. The summed E-state index contributed by atoms with van der Waals surface area (Å²) >= 11 is 0. The number of hydrogen-bond donors (Lipinski definition) is 0. The Morgan fingerprint density at radius 2 is 2.00 bits per heavy atom. The van der Waals surface area contributed by atoms with Crippen molar-refractivity contribution in [1.29, 1.82) is 0 Å². The lowest BCUT2D eigenvalue weighted by atomic mass is 10.3. The lowest BCUT2D eigenvalue weighted by molar-refractivity contribution is -0.386. The molecule has 0 aromatic heterocycles. The third kappa shape index (κ3) is 4.41. The maximum Gasteiger partial charge on any atom is 0.312 e. The predicted octanol–water partition coefficient (Wildman–Crippen LogP) is 1.03. The number of sulfonamides is 1. The molecule has 1 saturated heterocycles. The van der Waals surface area contributed by atoms with Gasteiger partial charge in [0, 0.05) is 25.8 Å². The minimum Gasteiger partial charge on any atom is -0.484 e. The topological polar surface area (TPSA) is 108 Å². The molecule has 2 rings (SSSR count). The highest BCUT2D eigenvalue weighted by Gasteiger charge is 2.29. The van der Waals surface area contributed by atoms with Crippen LogP contribution in [0.25, 0.3) is 0 Å². The fraction of sp³-hybridized carbons (Fsp3) is 0.571. The van der Waals surface area contributed by atoms with Crippen LogP contribution in [0.4, 0.5) is 5.69 Å². The van der Waals surface area contributed by atoms with E-state index in [-0.39, 0.29) is 36.0 Å². The van der Waals surface area contributed by atoms with Gasteiger partial charge in [-0.2, -0.15) is 4.31 Å². The van der Waals surface area contributed by atoms with Gasteiger partial charge in [-0.05, 0) is 19.1 Å². The molecule has 0 atom stereocenters. The fourth-order valence-corrected chi connectivity index (χ4v) is 3.64. The molecular formula is C14H20N2O7S. The first kappa shape index (κ1) is 18.6. The van der Waals surface area contributed by atoms with E-state index in [0.717, 1.165) is 6.07 Å². The van der Waals surface area contributed by atoms with Crippen LogP contribution in [0.1, 0.15) is 6.92 Å². The highest BCUT2D eigenvalue weighted by atomic mass is 32.2. The standard InChI is InChI=1S/C14H20N2O7S/c1-2-21-9-10-23-14-4-3-12(11-13(14)16(17)18)24(19,20)15-5-7-22-8-6-15/h3-4,11H,2,5-10H2,1H3. The van der Waals surface area contributed by atoms with Gasteiger partial charge in [0.25, 0.3) is 0 Å². The second-order valence-electron chi connectivity index (χ2n) is 4.95. The Morgan fingerprint density at radius 3 is 2.62 bits per heavy atom. The Morgan fingerprint density at radius 1 is 1.29 bits per heavy atom. The first-order valence-electron chi connectivity index (χ1n) is 7.53. The van der Waals surface area contributed by atoms with Crippen LogP contribution >= 0.6 is 0 Å². The molecule has 0 aliphatic carbocycles. The van der Waals surface area contributed by atoms with Crippen LogP contribution in [0.3, 0.4) is 0 Å². The van der Waals surface area contributed by atoms with Crippen molar-refractivity contribution in [3.63, 3.8) is 0 Å². The number of nitrogens with zero attached hydrogens (tertiary/aromatic N) is 2. The van der Waals surface area contributed by atoms with Gasteiger partial charge in [-0.1, -0.05) is 0 Å². The number of morpholine rings is 1. The number of benzene rings is 1. The van der Waals surface area contributed by atoms with Crippen molar-refractivity contribution in [2.45, 2.75) is 11.8 Å². The molecule has 1 aromatic rings. The van der Waals surface area contributed by atoms with Gasteiger partial charge in [0.1, 0.15) is 6.61 Å². The molecule has 1 aliphatic rings.